The molecule has 0 spiro atoms. The Hall–Kier alpha value is -1.34. The van der Waals surface area contributed by atoms with E-state index in [0.717, 1.165) is 5.69 Å². The van der Waals surface area contributed by atoms with Gasteiger partial charge in [0.15, 0.2) is 0 Å². The summed E-state index contributed by atoms with van der Waals surface area (Å²) in [5.74, 6) is 0.360. The largest absolute Gasteiger partial charge is 0.396 e. The number of pyridine rings is 1. The second-order valence-corrected chi connectivity index (χ2v) is 7.51. The maximum atomic E-state index is 12.2. The molecule has 0 saturated carbocycles. The van der Waals surface area contributed by atoms with Crippen LogP contribution in [0.4, 0.5) is 11.4 Å². The van der Waals surface area contributed by atoms with E-state index in [2.05, 4.69) is 9.88 Å². The summed E-state index contributed by atoms with van der Waals surface area (Å²) in [6, 6.07) is 1.87. The molecule has 7 heteroatoms. The summed E-state index contributed by atoms with van der Waals surface area (Å²) in [5, 5.41) is 0. The first-order valence-electron chi connectivity index (χ1n) is 6.82. The molecule has 0 aliphatic carbocycles. The molecule has 0 bridgehead atoms. The molecule has 6 nitrogen and oxygen atoms in total. The van der Waals surface area contributed by atoms with E-state index in [1.54, 1.807) is 16.7 Å². The minimum absolute atomic E-state index is 0.147. The molecule has 1 aliphatic heterocycles. The standard InChI is InChI=1S/C13H22N4O2S/c1-11(2)10-20(18,19)17-7-5-16(6-8-17)13-3-4-15-9-12(13)14/h3-4,9,11H,5-8,10,14H2,1-2H3. The van der Waals surface area contributed by atoms with Gasteiger partial charge in [-0.25, -0.2) is 8.42 Å². The van der Waals surface area contributed by atoms with Gasteiger partial charge >= 0.3 is 0 Å². The zero-order valence-corrected chi connectivity index (χ0v) is 12.8. The van der Waals surface area contributed by atoms with Gasteiger partial charge in [0.05, 0.1) is 23.3 Å². The lowest BCUT2D eigenvalue weighted by molar-refractivity contribution is 0.382. The van der Waals surface area contributed by atoms with Gasteiger partial charge in [-0.15, -0.1) is 0 Å². The van der Waals surface area contributed by atoms with Crippen LogP contribution in [0.3, 0.4) is 0 Å². The molecule has 0 amide bonds. The van der Waals surface area contributed by atoms with Crippen molar-refractivity contribution in [2.75, 3.05) is 42.6 Å². The number of nitrogen functional groups attached to an aromatic ring is 1. The zero-order valence-electron chi connectivity index (χ0n) is 12.0. The smallest absolute Gasteiger partial charge is 0.214 e. The van der Waals surface area contributed by atoms with E-state index in [0.29, 0.717) is 31.9 Å². The van der Waals surface area contributed by atoms with E-state index >= 15 is 0 Å². The summed E-state index contributed by atoms with van der Waals surface area (Å²) < 4.78 is 25.9. The van der Waals surface area contributed by atoms with E-state index < -0.39 is 10.0 Å². The number of hydrogen-bond acceptors (Lipinski definition) is 5. The Morgan fingerprint density at radius 1 is 1.30 bits per heavy atom. The van der Waals surface area contributed by atoms with Gasteiger partial charge < -0.3 is 10.6 Å². The highest BCUT2D eigenvalue weighted by atomic mass is 32.2. The Bertz CT molecular complexity index is 551. The van der Waals surface area contributed by atoms with Crippen molar-refractivity contribution in [3.63, 3.8) is 0 Å². The molecular formula is C13H22N4O2S. The number of sulfonamides is 1. The number of nitrogens with zero attached hydrogens (tertiary/aromatic N) is 3. The third kappa shape index (κ3) is 3.40. The normalized spacial score (nSPS) is 17.6. The molecule has 0 aromatic carbocycles. The lowest BCUT2D eigenvalue weighted by Gasteiger charge is -2.36. The molecule has 0 unspecified atom stereocenters. The summed E-state index contributed by atoms with van der Waals surface area (Å²) in [6.45, 7) is 6.18. The highest BCUT2D eigenvalue weighted by Gasteiger charge is 2.27. The Morgan fingerprint density at radius 3 is 2.50 bits per heavy atom. The average molecular weight is 298 g/mol. The van der Waals surface area contributed by atoms with Gasteiger partial charge in [0, 0.05) is 32.4 Å². The van der Waals surface area contributed by atoms with E-state index in [-0.39, 0.29) is 11.7 Å². The molecule has 1 aliphatic rings. The fourth-order valence-corrected chi connectivity index (χ4v) is 4.19. The maximum Gasteiger partial charge on any atom is 0.214 e. The number of rotatable bonds is 4. The Kier molecular flexibility index (Phi) is 4.49. The summed E-state index contributed by atoms with van der Waals surface area (Å²) in [5.41, 5.74) is 7.46. The van der Waals surface area contributed by atoms with Gasteiger partial charge in [0.25, 0.3) is 0 Å². The maximum absolute atomic E-state index is 12.2. The van der Waals surface area contributed by atoms with Crippen molar-refractivity contribution < 1.29 is 8.42 Å². The second kappa shape index (κ2) is 5.97. The molecule has 1 aromatic heterocycles. The quantitative estimate of drug-likeness (QED) is 0.888. The number of aromatic nitrogens is 1. The highest BCUT2D eigenvalue weighted by Crippen LogP contribution is 2.23. The van der Waals surface area contributed by atoms with Crippen LogP contribution in [0.25, 0.3) is 0 Å². The van der Waals surface area contributed by atoms with Crippen LogP contribution in [0, 0.1) is 5.92 Å². The zero-order chi connectivity index (χ0) is 14.8. The summed E-state index contributed by atoms with van der Waals surface area (Å²) in [6.07, 6.45) is 3.32. The van der Waals surface area contributed by atoms with Gasteiger partial charge in [-0.3, -0.25) is 4.98 Å². The number of nitrogens with two attached hydrogens (primary N) is 1. The van der Waals surface area contributed by atoms with Gasteiger partial charge in [-0.2, -0.15) is 4.31 Å². The van der Waals surface area contributed by atoms with E-state index in [4.69, 9.17) is 5.73 Å². The third-order valence-electron chi connectivity index (χ3n) is 3.34. The van der Waals surface area contributed by atoms with Gasteiger partial charge in [0.2, 0.25) is 10.0 Å². The molecule has 0 radical (unpaired) electrons. The van der Waals surface area contributed by atoms with Crippen molar-refractivity contribution in [1.82, 2.24) is 9.29 Å². The van der Waals surface area contributed by atoms with Crippen LogP contribution in [0.5, 0.6) is 0 Å². The average Bonchev–Trinajstić information content (AvgIpc) is 2.38. The third-order valence-corrected chi connectivity index (χ3v) is 5.58. The lowest BCUT2D eigenvalue weighted by atomic mass is 10.2. The van der Waals surface area contributed by atoms with Gasteiger partial charge in [0.1, 0.15) is 0 Å². The van der Waals surface area contributed by atoms with Crippen molar-refractivity contribution in [2.24, 2.45) is 5.92 Å². The van der Waals surface area contributed by atoms with Gasteiger partial charge in [-0.1, -0.05) is 13.8 Å². The van der Waals surface area contributed by atoms with Crippen LogP contribution in [-0.4, -0.2) is 49.6 Å². The Morgan fingerprint density at radius 2 is 1.95 bits per heavy atom. The number of hydrogen-bond donors (Lipinski definition) is 1. The fraction of sp³-hybridized carbons (Fsp3) is 0.615. The molecule has 2 N–H and O–H groups in total. The van der Waals surface area contributed by atoms with Crippen LogP contribution < -0.4 is 10.6 Å². The van der Waals surface area contributed by atoms with Crippen LogP contribution in [0.1, 0.15) is 13.8 Å². The summed E-state index contributed by atoms with van der Waals surface area (Å²) >= 11 is 0. The van der Waals surface area contributed by atoms with Crippen LogP contribution >= 0.6 is 0 Å². The van der Waals surface area contributed by atoms with E-state index in [1.165, 1.54) is 0 Å². The monoisotopic (exact) mass is 298 g/mol. The molecule has 2 rings (SSSR count). The van der Waals surface area contributed by atoms with E-state index in [1.807, 2.05) is 19.9 Å². The van der Waals surface area contributed by atoms with Crippen molar-refractivity contribution in [3.05, 3.63) is 18.5 Å². The van der Waals surface area contributed by atoms with Crippen molar-refractivity contribution >= 4 is 21.4 Å². The topological polar surface area (TPSA) is 79.5 Å². The molecule has 20 heavy (non-hydrogen) atoms. The van der Waals surface area contributed by atoms with Gasteiger partial charge in [-0.05, 0) is 12.0 Å². The highest BCUT2D eigenvalue weighted by molar-refractivity contribution is 7.89. The van der Waals surface area contributed by atoms with Crippen molar-refractivity contribution in [3.8, 4) is 0 Å². The molecule has 2 heterocycles. The molecule has 0 atom stereocenters. The first-order valence-corrected chi connectivity index (χ1v) is 8.43. The first-order chi connectivity index (χ1) is 9.40. The molecule has 1 fully saturated rings. The summed E-state index contributed by atoms with van der Waals surface area (Å²) in [4.78, 5) is 6.08. The molecule has 112 valence electrons. The fourth-order valence-electron chi connectivity index (χ4n) is 2.42. The second-order valence-electron chi connectivity index (χ2n) is 5.49. The molecule has 1 aromatic rings. The van der Waals surface area contributed by atoms with Crippen molar-refractivity contribution in [1.29, 1.82) is 0 Å². The van der Waals surface area contributed by atoms with Crippen LogP contribution in [0.2, 0.25) is 0 Å². The minimum atomic E-state index is -3.14. The number of anilines is 2. The lowest BCUT2D eigenvalue weighted by Crippen LogP contribution is -2.49. The predicted octanol–water partition coefficient (Wildman–Crippen LogP) is 0.772. The summed E-state index contributed by atoms with van der Waals surface area (Å²) in [7, 11) is -3.14. The Labute approximate surface area is 120 Å². The van der Waals surface area contributed by atoms with Crippen molar-refractivity contribution in [2.45, 2.75) is 13.8 Å². The van der Waals surface area contributed by atoms with Crippen LogP contribution in [-0.2, 0) is 10.0 Å². The minimum Gasteiger partial charge on any atom is -0.396 e. The molecule has 1 saturated heterocycles. The SMILES string of the molecule is CC(C)CS(=O)(=O)N1CCN(c2ccncc2N)CC1. The van der Waals surface area contributed by atoms with E-state index in [9.17, 15) is 8.42 Å². The predicted molar refractivity (Wildman–Crippen MR) is 81.1 cm³/mol. The Balaban J connectivity index is 2.01. The van der Waals surface area contributed by atoms with Crippen LogP contribution in [0.15, 0.2) is 18.5 Å². The number of piperazine rings is 1. The molecular weight excluding hydrogens is 276 g/mol. The first kappa shape index (κ1) is 15.1.